The van der Waals surface area contributed by atoms with E-state index in [1.165, 1.54) is 0 Å². The standard InChI is InChI=1S/C20H24N4O5/c1-11-7-21-9-13(29-11)10-22-8-12-3-2-4-14-17(12)20(28)24(19(14)27)15-5-6-16(25)23-18(15)26/h2-4,11,13,15,21-22H,5-10H2,1H3,(H,23,25,26). The molecule has 3 heterocycles. The van der Waals surface area contributed by atoms with Gasteiger partial charge in [-0.1, -0.05) is 12.1 Å². The zero-order valence-corrected chi connectivity index (χ0v) is 16.2. The van der Waals surface area contributed by atoms with E-state index in [9.17, 15) is 19.2 Å². The van der Waals surface area contributed by atoms with Crippen LogP contribution in [-0.4, -0.2) is 66.4 Å². The molecule has 3 aliphatic rings. The van der Waals surface area contributed by atoms with Crippen molar-refractivity contribution >= 4 is 23.6 Å². The van der Waals surface area contributed by atoms with E-state index in [1.54, 1.807) is 18.2 Å². The molecule has 1 aromatic carbocycles. The number of rotatable bonds is 5. The summed E-state index contributed by atoms with van der Waals surface area (Å²) in [6.45, 7) is 4.61. The number of carbonyl (C=O) groups excluding carboxylic acids is 4. The van der Waals surface area contributed by atoms with E-state index in [1.807, 2.05) is 6.92 Å². The molecule has 9 nitrogen and oxygen atoms in total. The van der Waals surface area contributed by atoms with Gasteiger partial charge in [0, 0.05) is 32.6 Å². The average Bonchev–Trinajstić information content (AvgIpc) is 2.94. The lowest BCUT2D eigenvalue weighted by molar-refractivity contribution is -0.136. The van der Waals surface area contributed by atoms with Gasteiger partial charge >= 0.3 is 0 Å². The minimum atomic E-state index is -0.955. The summed E-state index contributed by atoms with van der Waals surface area (Å²) in [6.07, 6.45) is 0.436. The van der Waals surface area contributed by atoms with E-state index in [0.717, 1.165) is 18.0 Å². The van der Waals surface area contributed by atoms with Crippen molar-refractivity contribution in [3.8, 4) is 0 Å². The summed E-state index contributed by atoms with van der Waals surface area (Å²) in [5, 5.41) is 8.81. The number of amides is 4. The highest BCUT2D eigenvalue weighted by Crippen LogP contribution is 2.29. The Morgan fingerprint density at radius 3 is 2.76 bits per heavy atom. The zero-order chi connectivity index (χ0) is 20.5. The quantitative estimate of drug-likeness (QED) is 0.574. The normalized spacial score (nSPS) is 27.2. The Balaban J connectivity index is 1.47. The molecule has 0 spiro atoms. The highest BCUT2D eigenvalue weighted by atomic mass is 16.5. The van der Waals surface area contributed by atoms with Crippen molar-refractivity contribution in [1.29, 1.82) is 0 Å². The molecule has 3 atom stereocenters. The van der Waals surface area contributed by atoms with Crippen molar-refractivity contribution in [2.75, 3.05) is 19.6 Å². The number of nitrogens with zero attached hydrogens (tertiary/aromatic N) is 1. The van der Waals surface area contributed by atoms with Crippen LogP contribution in [0.3, 0.4) is 0 Å². The molecule has 1 aromatic rings. The van der Waals surface area contributed by atoms with Gasteiger partial charge in [-0.2, -0.15) is 0 Å². The number of nitrogens with one attached hydrogen (secondary N) is 3. The SMILES string of the molecule is CC1CNCC(CNCc2cccc3c2C(=O)N(C2CCC(=O)NC2=O)C3=O)O1. The molecule has 3 unspecified atom stereocenters. The summed E-state index contributed by atoms with van der Waals surface area (Å²) in [6, 6.07) is 4.17. The third kappa shape index (κ3) is 3.81. The highest BCUT2D eigenvalue weighted by molar-refractivity contribution is 6.24. The van der Waals surface area contributed by atoms with E-state index in [4.69, 9.17) is 4.74 Å². The van der Waals surface area contributed by atoms with Crippen molar-refractivity contribution in [2.45, 2.75) is 44.6 Å². The van der Waals surface area contributed by atoms with Gasteiger partial charge < -0.3 is 15.4 Å². The number of imide groups is 2. The summed E-state index contributed by atoms with van der Waals surface area (Å²) < 4.78 is 5.85. The van der Waals surface area contributed by atoms with Gasteiger partial charge in [-0.3, -0.25) is 29.4 Å². The Labute approximate surface area is 168 Å². The molecular formula is C20H24N4O5. The molecule has 0 aromatic heterocycles. The molecule has 0 saturated carbocycles. The predicted molar refractivity (Wildman–Crippen MR) is 102 cm³/mol. The summed E-state index contributed by atoms with van der Waals surface area (Å²) in [5.41, 5.74) is 1.32. The van der Waals surface area contributed by atoms with Gasteiger partial charge in [-0.15, -0.1) is 0 Å². The molecule has 2 fully saturated rings. The van der Waals surface area contributed by atoms with Crippen molar-refractivity contribution in [1.82, 2.24) is 20.9 Å². The lowest BCUT2D eigenvalue weighted by Gasteiger charge is -2.29. The first-order chi connectivity index (χ1) is 14.0. The van der Waals surface area contributed by atoms with Crippen molar-refractivity contribution in [3.63, 3.8) is 0 Å². The molecule has 0 aliphatic carbocycles. The number of carbonyl (C=O) groups is 4. The lowest BCUT2D eigenvalue weighted by Crippen LogP contribution is -2.54. The molecule has 3 aliphatic heterocycles. The molecule has 4 rings (SSSR count). The van der Waals surface area contributed by atoms with Crippen LogP contribution < -0.4 is 16.0 Å². The van der Waals surface area contributed by atoms with Crippen LogP contribution in [0.15, 0.2) is 18.2 Å². The molecule has 4 amide bonds. The number of hydrogen-bond donors (Lipinski definition) is 3. The topological polar surface area (TPSA) is 117 Å². The van der Waals surface area contributed by atoms with E-state index in [0.29, 0.717) is 29.8 Å². The van der Waals surface area contributed by atoms with Gasteiger partial charge in [-0.25, -0.2) is 0 Å². The van der Waals surface area contributed by atoms with Gasteiger partial charge in [0.15, 0.2) is 0 Å². The van der Waals surface area contributed by atoms with Crippen molar-refractivity contribution in [2.24, 2.45) is 0 Å². The second-order valence-corrected chi connectivity index (χ2v) is 7.64. The first kappa shape index (κ1) is 19.7. The molecule has 2 saturated heterocycles. The first-order valence-electron chi connectivity index (χ1n) is 9.86. The number of piperidine rings is 1. The number of morpholine rings is 1. The first-order valence-corrected chi connectivity index (χ1v) is 9.86. The maximum atomic E-state index is 13.0. The Kier molecular flexibility index (Phi) is 5.44. The minimum absolute atomic E-state index is 0.0350. The number of ether oxygens (including phenoxy) is 1. The maximum Gasteiger partial charge on any atom is 0.262 e. The molecule has 29 heavy (non-hydrogen) atoms. The van der Waals surface area contributed by atoms with Crippen LogP contribution in [0.2, 0.25) is 0 Å². The summed E-state index contributed by atoms with van der Waals surface area (Å²) in [5.74, 6) is -1.97. The van der Waals surface area contributed by atoms with Gasteiger partial charge in [0.2, 0.25) is 11.8 Å². The predicted octanol–water partition coefficient (Wildman–Crippen LogP) is -0.446. The Hall–Kier alpha value is -2.62. The van der Waals surface area contributed by atoms with E-state index in [2.05, 4.69) is 16.0 Å². The van der Waals surface area contributed by atoms with E-state index in [-0.39, 0.29) is 31.0 Å². The number of hydrogen-bond acceptors (Lipinski definition) is 7. The lowest BCUT2D eigenvalue weighted by atomic mass is 10.0. The Morgan fingerprint density at radius 1 is 1.17 bits per heavy atom. The summed E-state index contributed by atoms with van der Waals surface area (Å²) in [4.78, 5) is 50.4. The fourth-order valence-corrected chi connectivity index (χ4v) is 4.09. The smallest absolute Gasteiger partial charge is 0.262 e. The fraction of sp³-hybridized carbons (Fsp3) is 0.500. The zero-order valence-electron chi connectivity index (χ0n) is 16.2. The van der Waals surface area contributed by atoms with E-state index >= 15 is 0 Å². The second-order valence-electron chi connectivity index (χ2n) is 7.64. The van der Waals surface area contributed by atoms with Crippen molar-refractivity contribution < 1.29 is 23.9 Å². The van der Waals surface area contributed by atoms with Crippen LogP contribution in [0.4, 0.5) is 0 Å². The molecule has 0 radical (unpaired) electrons. The van der Waals surface area contributed by atoms with Crippen LogP contribution in [0.1, 0.15) is 46.0 Å². The minimum Gasteiger partial charge on any atom is -0.371 e. The summed E-state index contributed by atoms with van der Waals surface area (Å²) in [7, 11) is 0. The fourth-order valence-electron chi connectivity index (χ4n) is 4.09. The van der Waals surface area contributed by atoms with Crippen LogP contribution in [0.25, 0.3) is 0 Å². The van der Waals surface area contributed by atoms with Crippen LogP contribution in [0, 0.1) is 0 Å². The van der Waals surface area contributed by atoms with E-state index < -0.39 is 23.8 Å². The van der Waals surface area contributed by atoms with Gasteiger partial charge in [-0.05, 0) is 25.0 Å². The highest BCUT2D eigenvalue weighted by Gasteiger charge is 2.45. The molecule has 9 heteroatoms. The van der Waals surface area contributed by atoms with Crippen LogP contribution in [0.5, 0.6) is 0 Å². The molecule has 0 bridgehead atoms. The Morgan fingerprint density at radius 2 is 2.00 bits per heavy atom. The molecule has 154 valence electrons. The monoisotopic (exact) mass is 400 g/mol. The Bertz CT molecular complexity index is 870. The second kappa shape index (κ2) is 8.02. The van der Waals surface area contributed by atoms with Gasteiger partial charge in [0.25, 0.3) is 11.8 Å². The summed E-state index contributed by atoms with van der Waals surface area (Å²) >= 11 is 0. The third-order valence-electron chi connectivity index (χ3n) is 5.47. The van der Waals surface area contributed by atoms with Gasteiger partial charge in [0.1, 0.15) is 6.04 Å². The maximum absolute atomic E-state index is 13.0. The number of fused-ring (bicyclic) bond motifs is 1. The largest absolute Gasteiger partial charge is 0.371 e. The van der Waals surface area contributed by atoms with Gasteiger partial charge in [0.05, 0.1) is 23.3 Å². The average molecular weight is 400 g/mol. The molecular weight excluding hydrogens is 376 g/mol. The van der Waals surface area contributed by atoms with Crippen LogP contribution >= 0.6 is 0 Å². The third-order valence-corrected chi connectivity index (χ3v) is 5.47. The molecule has 3 N–H and O–H groups in total. The number of benzene rings is 1. The van der Waals surface area contributed by atoms with Crippen LogP contribution in [-0.2, 0) is 20.9 Å². The van der Waals surface area contributed by atoms with Crippen molar-refractivity contribution in [3.05, 3.63) is 34.9 Å².